The third kappa shape index (κ3) is 4.93. The van der Waals surface area contributed by atoms with E-state index in [9.17, 15) is 4.79 Å². The van der Waals surface area contributed by atoms with Crippen molar-refractivity contribution in [1.29, 1.82) is 0 Å². The zero-order valence-electron chi connectivity index (χ0n) is 16.4. The van der Waals surface area contributed by atoms with Crippen LogP contribution in [0.25, 0.3) is 11.0 Å². The zero-order chi connectivity index (χ0) is 21.5. The third-order valence-electron chi connectivity index (χ3n) is 3.95. The fourth-order valence-electron chi connectivity index (χ4n) is 2.68. The lowest BCUT2D eigenvalue weighted by molar-refractivity contribution is 0.0929. The van der Waals surface area contributed by atoms with Gasteiger partial charge in [-0.05, 0) is 64.8 Å². The molecule has 0 radical (unpaired) electrons. The van der Waals surface area contributed by atoms with Crippen molar-refractivity contribution in [1.82, 2.24) is 5.43 Å². The molecule has 0 aliphatic rings. The van der Waals surface area contributed by atoms with Crippen molar-refractivity contribution in [3.05, 3.63) is 52.2 Å². The SMILES string of the molecule is C#CCOc1c(Br)cc(/C=N/NC(=O)c2cc3cc(OCC)ccc3o2)cc1OC. The van der Waals surface area contributed by atoms with Crippen LogP contribution in [0, 0.1) is 12.3 Å². The van der Waals surface area contributed by atoms with E-state index in [1.807, 2.05) is 13.0 Å². The number of carbonyl (C=O) groups is 1. The Morgan fingerprint density at radius 2 is 2.13 bits per heavy atom. The summed E-state index contributed by atoms with van der Waals surface area (Å²) in [7, 11) is 1.52. The van der Waals surface area contributed by atoms with E-state index in [-0.39, 0.29) is 12.4 Å². The monoisotopic (exact) mass is 470 g/mol. The normalized spacial score (nSPS) is 10.7. The number of halogens is 1. The Morgan fingerprint density at radius 1 is 1.30 bits per heavy atom. The van der Waals surface area contributed by atoms with Crippen molar-refractivity contribution in [3.63, 3.8) is 0 Å². The number of ether oxygens (including phenoxy) is 3. The molecule has 3 rings (SSSR count). The Bertz CT molecular complexity index is 1130. The minimum Gasteiger partial charge on any atom is -0.494 e. The highest BCUT2D eigenvalue weighted by Crippen LogP contribution is 2.36. The van der Waals surface area contributed by atoms with Gasteiger partial charge < -0.3 is 18.6 Å². The van der Waals surface area contributed by atoms with E-state index in [4.69, 9.17) is 25.1 Å². The summed E-state index contributed by atoms with van der Waals surface area (Å²) in [5.41, 5.74) is 3.71. The first-order valence-electron chi connectivity index (χ1n) is 8.99. The smallest absolute Gasteiger partial charge is 0.307 e. The molecule has 0 aliphatic carbocycles. The van der Waals surface area contributed by atoms with Crippen LogP contribution in [0.15, 0.2) is 50.4 Å². The summed E-state index contributed by atoms with van der Waals surface area (Å²) in [4.78, 5) is 12.4. The summed E-state index contributed by atoms with van der Waals surface area (Å²) >= 11 is 3.42. The minimum absolute atomic E-state index is 0.113. The topological polar surface area (TPSA) is 82.3 Å². The predicted octanol–water partition coefficient (Wildman–Crippen LogP) is 4.38. The number of amides is 1. The first kappa shape index (κ1) is 21.3. The van der Waals surface area contributed by atoms with Crippen LogP contribution in [-0.2, 0) is 0 Å². The van der Waals surface area contributed by atoms with E-state index in [1.165, 1.54) is 13.3 Å². The van der Waals surface area contributed by atoms with Gasteiger partial charge in [0.1, 0.15) is 17.9 Å². The van der Waals surface area contributed by atoms with Crippen LogP contribution >= 0.6 is 15.9 Å². The molecule has 3 aromatic rings. The second kappa shape index (κ2) is 9.85. The highest BCUT2D eigenvalue weighted by molar-refractivity contribution is 9.10. The molecule has 0 bridgehead atoms. The van der Waals surface area contributed by atoms with Crippen LogP contribution in [0.4, 0.5) is 0 Å². The molecule has 0 aliphatic heterocycles. The van der Waals surface area contributed by atoms with Crippen LogP contribution < -0.4 is 19.6 Å². The number of methoxy groups -OCH3 is 1. The van der Waals surface area contributed by atoms with Gasteiger partial charge in [-0.15, -0.1) is 6.42 Å². The standard InChI is InChI=1S/C22H19BrN2O5/c1-4-8-29-21-17(23)9-14(10-19(21)27-3)13-24-25-22(26)20-12-15-11-16(28-5-2)6-7-18(15)30-20/h1,6-7,9-13H,5,8H2,2-3H3,(H,25,26)/b24-13+. The summed E-state index contributed by atoms with van der Waals surface area (Å²) in [6, 6.07) is 10.5. The molecule has 0 spiro atoms. The molecular formula is C22H19BrN2O5. The summed E-state index contributed by atoms with van der Waals surface area (Å²) in [5.74, 6) is 3.76. The van der Waals surface area contributed by atoms with Gasteiger partial charge in [-0.1, -0.05) is 5.92 Å². The molecule has 0 saturated carbocycles. The molecule has 1 heterocycles. The van der Waals surface area contributed by atoms with Crippen molar-refractivity contribution >= 4 is 39.0 Å². The zero-order valence-corrected chi connectivity index (χ0v) is 18.0. The van der Waals surface area contributed by atoms with Gasteiger partial charge in [-0.2, -0.15) is 5.10 Å². The van der Waals surface area contributed by atoms with Gasteiger partial charge in [0.15, 0.2) is 17.3 Å². The molecule has 0 atom stereocenters. The van der Waals surface area contributed by atoms with Gasteiger partial charge in [-0.3, -0.25) is 4.79 Å². The largest absolute Gasteiger partial charge is 0.494 e. The number of nitrogens with one attached hydrogen (secondary N) is 1. The number of benzene rings is 2. The summed E-state index contributed by atoms with van der Waals surface area (Å²) in [6.07, 6.45) is 6.71. The van der Waals surface area contributed by atoms with Gasteiger partial charge in [0, 0.05) is 5.39 Å². The third-order valence-corrected chi connectivity index (χ3v) is 4.54. The van der Waals surface area contributed by atoms with Crippen molar-refractivity contribution in [3.8, 4) is 29.6 Å². The minimum atomic E-state index is -0.472. The Balaban J connectivity index is 1.72. The fourth-order valence-corrected chi connectivity index (χ4v) is 3.25. The lowest BCUT2D eigenvalue weighted by Gasteiger charge is -2.11. The van der Waals surface area contributed by atoms with Crippen LogP contribution in [0.5, 0.6) is 17.2 Å². The number of hydrazone groups is 1. The Hall–Kier alpha value is -3.44. The highest BCUT2D eigenvalue weighted by Gasteiger charge is 2.13. The molecule has 0 saturated heterocycles. The van der Waals surface area contributed by atoms with Crippen LogP contribution in [0.2, 0.25) is 0 Å². The van der Waals surface area contributed by atoms with Crippen molar-refractivity contribution in [2.24, 2.45) is 5.10 Å². The van der Waals surface area contributed by atoms with E-state index in [2.05, 4.69) is 32.4 Å². The number of hydrogen-bond donors (Lipinski definition) is 1. The Kier molecular flexibility index (Phi) is 6.99. The molecule has 0 unspecified atom stereocenters. The van der Waals surface area contributed by atoms with Crippen molar-refractivity contribution < 1.29 is 23.4 Å². The maximum atomic E-state index is 12.4. The second-order valence-electron chi connectivity index (χ2n) is 5.97. The van der Waals surface area contributed by atoms with Crippen LogP contribution in [0.1, 0.15) is 23.0 Å². The maximum Gasteiger partial charge on any atom is 0.307 e. The van der Waals surface area contributed by atoms with Crippen LogP contribution in [-0.4, -0.2) is 32.4 Å². The van der Waals surface area contributed by atoms with Gasteiger partial charge in [0.25, 0.3) is 0 Å². The number of hydrogen-bond acceptors (Lipinski definition) is 6. The molecular weight excluding hydrogens is 452 g/mol. The van der Waals surface area contributed by atoms with Gasteiger partial charge >= 0.3 is 5.91 Å². The average molecular weight is 471 g/mol. The van der Waals surface area contributed by atoms with E-state index >= 15 is 0 Å². The van der Waals surface area contributed by atoms with Crippen molar-refractivity contribution in [2.45, 2.75) is 6.92 Å². The maximum absolute atomic E-state index is 12.4. The number of rotatable bonds is 8. The number of fused-ring (bicyclic) bond motifs is 1. The first-order chi connectivity index (χ1) is 14.5. The molecule has 154 valence electrons. The molecule has 1 amide bonds. The van der Waals surface area contributed by atoms with E-state index < -0.39 is 5.91 Å². The lowest BCUT2D eigenvalue weighted by Crippen LogP contribution is -2.16. The average Bonchev–Trinajstić information content (AvgIpc) is 3.16. The molecule has 1 aromatic heterocycles. The predicted molar refractivity (Wildman–Crippen MR) is 117 cm³/mol. The number of terminal acetylenes is 1. The van der Waals surface area contributed by atoms with Gasteiger partial charge in [-0.25, -0.2) is 5.43 Å². The van der Waals surface area contributed by atoms with Crippen LogP contribution in [0.3, 0.4) is 0 Å². The molecule has 1 N–H and O–H groups in total. The summed E-state index contributed by atoms with van der Waals surface area (Å²) in [5, 5.41) is 4.75. The van der Waals surface area contributed by atoms with E-state index in [1.54, 1.807) is 30.3 Å². The molecule has 0 fully saturated rings. The number of carbonyl (C=O) groups excluding carboxylic acids is 1. The summed E-state index contributed by atoms with van der Waals surface area (Å²) < 4.78 is 22.5. The quantitative estimate of drug-likeness (QED) is 0.300. The fraction of sp³-hybridized carbons (Fsp3) is 0.182. The first-order valence-corrected chi connectivity index (χ1v) is 9.78. The molecule has 7 nitrogen and oxygen atoms in total. The van der Waals surface area contributed by atoms with E-state index in [0.29, 0.717) is 39.5 Å². The lowest BCUT2D eigenvalue weighted by atomic mass is 10.2. The van der Waals surface area contributed by atoms with E-state index in [0.717, 1.165) is 5.39 Å². The molecule has 30 heavy (non-hydrogen) atoms. The second-order valence-corrected chi connectivity index (χ2v) is 6.82. The highest BCUT2D eigenvalue weighted by atomic mass is 79.9. The molecule has 2 aromatic carbocycles. The Morgan fingerprint density at radius 3 is 2.87 bits per heavy atom. The molecule has 8 heteroatoms. The van der Waals surface area contributed by atoms with Gasteiger partial charge in [0.2, 0.25) is 0 Å². The number of furan rings is 1. The van der Waals surface area contributed by atoms with Gasteiger partial charge in [0.05, 0.1) is 24.4 Å². The van der Waals surface area contributed by atoms with Crippen molar-refractivity contribution in [2.75, 3.05) is 20.3 Å². The Labute approximate surface area is 182 Å². The number of nitrogens with zero attached hydrogens (tertiary/aromatic N) is 1. The summed E-state index contributed by atoms with van der Waals surface area (Å²) in [6.45, 7) is 2.58.